The van der Waals surface area contributed by atoms with Gasteiger partial charge in [0.25, 0.3) is 0 Å². The molecule has 1 atom stereocenters. The second-order valence-corrected chi connectivity index (χ2v) is 5.84. The molecule has 0 unspecified atom stereocenters. The van der Waals surface area contributed by atoms with Crippen LogP contribution in [0.15, 0.2) is 33.6 Å². The van der Waals surface area contributed by atoms with E-state index >= 15 is 0 Å². The van der Waals surface area contributed by atoms with E-state index in [1.54, 1.807) is 0 Å². The Kier molecular flexibility index (Phi) is 6.53. The molecule has 0 fully saturated rings. The van der Waals surface area contributed by atoms with Gasteiger partial charge in [-0.05, 0) is 24.3 Å². The minimum atomic E-state index is -1.29. The van der Waals surface area contributed by atoms with Gasteiger partial charge in [0.05, 0.1) is 12.2 Å². The average Bonchev–Trinajstić information content (AvgIpc) is 2.36. The maximum Gasteiger partial charge on any atom is 0.326 e. The van der Waals surface area contributed by atoms with Crippen molar-refractivity contribution in [1.29, 1.82) is 0 Å². The summed E-state index contributed by atoms with van der Waals surface area (Å²) < 4.78 is 0.929. The van der Waals surface area contributed by atoms with Gasteiger partial charge in [-0.15, -0.1) is 11.8 Å². The van der Waals surface area contributed by atoms with Crippen molar-refractivity contribution in [2.45, 2.75) is 17.4 Å². The van der Waals surface area contributed by atoms with Gasteiger partial charge in [0, 0.05) is 9.37 Å². The van der Waals surface area contributed by atoms with Gasteiger partial charge in [0.1, 0.15) is 6.04 Å². The smallest absolute Gasteiger partial charge is 0.326 e. The van der Waals surface area contributed by atoms with Gasteiger partial charge >= 0.3 is 5.97 Å². The molecule has 0 heterocycles. The lowest BCUT2D eigenvalue weighted by Crippen LogP contribution is -2.44. The summed E-state index contributed by atoms with van der Waals surface area (Å²) in [6.45, 7) is 0. The van der Waals surface area contributed by atoms with Gasteiger partial charge in [-0.1, -0.05) is 15.9 Å². The van der Waals surface area contributed by atoms with Crippen LogP contribution in [0.3, 0.4) is 0 Å². The third-order valence-corrected chi connectivity index (χ3v) is 3.76. The first-order valence-corrected chi connectivity index (χ1v) is 7.35. The maximum absolute atomic E-state index is 11.6. The zero-order chi connectivity index (χ0) is 15.1. The van der Waals surface area contributed by atoms with E-state index in [9.17, 15) is 14.4 Å². The molecule has 1 rings (SSSR count). The molecule has 1 aromatic rings. The number of thioether (sulfide) groups is 1. The first-order valence-electron chi connectivity index (χ1n) is 5.57. The van der Waals surface area contributed by atoms with E-state index in [1.165, 1.54) is 11.8 Å². The fraction of sp³-hybridized carbons (Fsp3) is 0.250. The summed E-state index contributed by atoms with van der Waals surface area (Å²) in [6.07, 6.45) is -0.427. The highest BCUT2D eigenvalue weighted by atomic mass is 79.9. The topological polar surface area (TPSA) is 109 Å². The standard InChI is InChI=1S/C12H13BrN2O4S/c13-7-1-3-8(4-2-7)20-6-11(17)15-9(12(18)19)5-10(14)16/h1-4,9H,5-6H2,(H2,14,16)(H,15,17)(H,18,19)/t9-/m1/s1. The van der Waals surface area contributed by atoms with Gasteiger partial charge < -0.3 is 16.2 Å². The van der Waals surface area contributed by atoms with Crippen LogP contribution in [0.2, 0.25) is 0 Å². The molecule has 0 spiro atoms. The lowest BCUT2D eigenvalue weighted by Gasteiger charge is -2.12. The molecule has 0 aromatic heterocycles. The van der Waals surface area contributed by atoms with Crippen LogP contribution in [0.1, 0.15) is 6.42 Å². The number of carbonyl (C=O) groups is 3. The van der Waals surface area contributed by atoms with Gasteiger partial charge in [-0.2, -0.15) is 0 Å². The summed E-state index contributed by atoms with van der Waals surface area (Å²) in [5, 5.41) is 11.1. The molecule has 2 amide bonds. The Morgan fingerprint density at radius 3 is 2.40 bits per heavy atom. The molecule has 0 aliphatic heterocycles. The number of rotatable bonds is 7. The Morgan fingerprint density at radius 2 is 1.90 bits per heavy atom. The van der Waals surface area contributed by atoms with E-state index in [0.717, 1.165) is 9.37 Å². The number of hydrogen-bond donors (Lipinski definition) is 3. The van der Waals surface area contributed by atoms with E-state index in [2.05, 4.69) is 21.2 Å². The third kappa shape index (κ3) is 6.07. The van der Waals surface area contributed by atoms with Crippen LogP contribution in [0, 0.1) is 0 Å². The molecular formula is C12H13BrN2O4S. The van der Waals surface area contributed by atoms with E-state index in [-0.39, 0.29) is 5.75 Å². The first-order chi connectivity index (χ1) is 9.38. The number of benzene rings is 1. The van der Waals surface area contributed by atoms with Crippen LogP contribution in [0.25, 0.3) is 0 Å². The molecule has 0 bridgehead atoms. The lowest BCUT2D eigenvalue weighted by atomic mass is 10.2. The molecular weight excluding hydrogens is 348 g/mol. The Hall–Kier alpha value is -1.54. The molecule has 0 aliphatic rings. The molecule has 0 radical (unpaired) electrons. The fourth-order valence-corrected chi connectivity index (χ4v) is 2.29. The fourth-order valence-electron chi connectivity index (χ4n) is 1.32. The van der Waals surface area contributed by atoms with Crippen molar-refractivity contribution in [2.24, 2.45) is 5.73 Å². The molecule has 0 aliphatic carbocycles. The predicted molar refractivity (Wildman–Crippen MR) is 78.2 cm³/mol. The molecule has 6 nitrogen and oxygen atoms in total. The highest BCUT2D eigenvalue weighted by Gasteiger charge is 2.21. The second-order valence-electron chi connectivity index (χ2n) is 3.87. The zero-order valence-corrected chi connectivity index (χ0v) is 12.7. The summed E-state index contributed by atoms with van der Waals surface area (Å²) in [4.78, 5) is 34.1. The Labute approximate surface area is 128 Å². The number of amides is 2. The number of hydrogen-bond acceptors (Lipinski definition) is 4. The van der Waals surface area contributed by atoms with Crippen molar-refractivity contribution in [3.63, 3.8) is 0 Å². The van der Waals surface area contributed by atoms with E-state index in [4.69, 9.17) is 10.8 Å². The van der Waals surface area contributed by atoms with Crippen LogP contribution >= 0.6 is 27.7 Å². The monoisotopic (exact) mass is 360 g/mol. The van der Waals surface area contributed by atoms with Crippen LogP contribution in [-0.2, 0) is 14.4 Å². The summed E-state index contributed by atoms with van der Waals surface area (Å²) in [6, 6.07) is 6.06. The number of aliphatic carboxylic acids is 1. The van der Waals surface area contributed by atoms with Crippen molar-refractivity contribution in [3.05, 3.63) is 28.7 Å². The van der Waals surface area contributed by atoms with Crippen molar-refractivity contribution >= 4 is 45.5 Å². The second kappa shape index (κ2) is 7.91. The quantitative estimate of drug-likeness (QED) is 0.628. The van der Waals surface area contributed by atoms with Gasteiger partial charge in [0.15, 0.2) is 0 Å². The van der Waals surface area contributed by atoms with Crippen molar-refractivity contribution < 1.29 is 19.5 Å². The third-order valence-electron chi connectivity index (χ3n) is 2.22. The van der Waals surface area contributed by atoms with E-state index in [0.29, 0.717) is 0 Å². The van der Waals surface area contributed by atoms with Gasteiger partial charge in [-0.25, -0.2) is 4.79 Å². The van der Waals surface area contributed by atoms with Gasteiger partial charge in [0.2, 0.25) is 11.8 Å². The van der Waals surface area contributed by atoms with E-state index < -0.39 is 30.2 Å². The first kappa shape index (κ1) is 16.5. The summed E-state index contributed by atoms with van der Waals surface area (Å²) in [5.41, 5.74) is 4.92. The number of carbonyl (C=O) groups excluding carboxylic acids is 2. The Morgan fingerprint density at radius 1 is 1.30 bits per heavy atom. The molecule has 4 N–H and O–H groups in total. The Bertz CT molecular complexity index is 507. The molecule has 0 saturated heterocycles. The predicted octanol–water partition coefficient (Wildman–Crippen LogP) is 0.986. The largest absolute Gasteiger partial charge is 0.480 e. The van der Waals surface area contributed by atoms with Crippen LogP contribution < -0.4 is 11.1 Å². The highest BCUT2D eigenvalue weighted by Crippen LogP contribution is 2.20. The van der Waals surface area contributed by atoms with Crippen molar-refractivity contribution in [2.75, 3.05) is 5.75 Å². The summed E-state index contributed by atoms with van der Waals surface area (Å²) in [5.74, 6) is -2.47. The SMILES string of the molecule is NC(=O)C[C@@H](NC(=O)CSc1ccc(Br)cc1)C(=O)O. The molecule has 1 aromatic carbocycles. The van der Waals surface area contributed by atoms with Crippen LogP contribution in [0.5, 0.6) is 0 Å². The Balaban J connectivity index is 2.47. The average molecular weight is 361 g/mol. The van der Waals surface area contributed by atoms with Crippen molar-refractivity contribution in [1.82, 2.24) is 5.32 Å². The molecule has 20 heavy (non-hydrogen) atoms. The van der Waals surface area contributed by atoms with E-state index in [1.807, 2.05) is 24.3 Å². The summed E-state index contributed by atoms with van der Waals surface area (Å²) in [7, 11) is 0. The van der Waals surface area contributed by atoms with Crippen molar-refractivity contribution in [3.8, 4) is 0 Å². The minimum absolute atomic E-state index is 0.0597. The molecule has 8 heteroatoms. The number of halogens is 1. The normalized spacial score (nSPS) is 11.7. The number of primary amides is 1. The maximum atomic E-state index is 11.6. The van der Waals surface area contributed by atoms with Crippen LogP contribution in [0.4, 0.5) is 0 Å². The zero-order valence-electron chi connectivity index (χ0n) is 10.3. The highest BCUT2D eigenvalue weighted by molar-refractivity contribution is 9.10. The number of carboxylic acids is 1. The number of nitrogens with two attached hydrogens (primary N) is 1. The number of nitrogens with one attached hydrogen (secondary N) is 1. The molecule has 108 valence electrons. The van der Waals surface area contributed by atoms with Gasteiger partial charge in [-0.3, -0.25) is 9.59 Å². The summed E-state index contributed by atoms with van der Waals surface area (Å²) >= 11 is 4.57. The van der Waals surface area contributed by atoms with Crippen LogP contribution in [-0.4, -0.2) is 34.7 Å². The lowest BCUT2D eigenvalue weighted by molar-refractivity contribution is -0.143. The number of carboxylic acid groups (broad SMARTS) is 1. The minimum Gasteiger partial charge on any atom is -0.480 e. The molecule has 0 saturated carbocycles.